The van der Waals surface area contributed by atoms with Crippen molar-refractivity contribution >= 4 is 21.4 Å². The summed E-state index contributed by atoms with van der Waals surface area (Å²) in [6.45, 7) is 1.02. The lowest BCUT2D eigenvalue weighted by atomic mass is 9.76. The minimum atomic E-state index is -2.94. The minimum Gasteiger partial charge on any atom is -0.444 e. The van der Waals surface area contributed by atoms with Gasteiger partial charge in [0.05, 0.1) is 17.6 Å². The molecule has 2 aromatic rings. The van der Waals surface area contributed by atoms with Crippen molar-refractivity contribution in [3.63, 3.8) is 0 Å². The highest BCUT2D eigenvalue weighted by atomic mass is 32.2. The number of benzene rings is 1. The molecule has 1 aromatic heterocycles. The Labute approximate surface area is 230 Å². The van der Waals surface area contributed by atoms with E-state index in [0.29, 0.717) is 19.0 Å². The van der Waals surface area contributed by atoms with Gasteiger partial charge < -0.3 is 14.6 Å². The molecule has 4 saturated carbocycles. The molecular weight excluding hydrogens is 512 g/mol. The van der Waals surface area contributed by atoms with Crippen LogP contribution in [0.3, 0.4) is 0 Å². The van der Waals surface area contributed by atoms with Crippen molar-refractivity contribution in [2.45, 2.75) is 75.2 Å². The summed E-state index contributed by atoms with van der Waals surface area (Å²) >= 11 is 0. The van der Waals surface area contributed by atoms with Gasteiger partial charge in [-0.3, -0.25) is 4.79 Å². The Bertz CT molecular complexity index is 1400. The van der Waals surface area contributed by atoms with Gasteiger partial charge in [0.15, 0.2) is 15.7 Å². The van der Waals surface area contributed by atoms with Gasteiger partial charge in [-0.05, 0) is 68.9 Å². The van der Waals surface area contributed by atoms with Crippen LogP contribution in [0, 0.1) is 29.1 Å². The molecule has 7 rings (SSSR count). The zero-order valence-electron chi connectivity index (χ0n) is 22.3. The van der Waals surface area contributed by atoms with Gasteiger partial charge in [0.1, 0.15) is 17.0 Å². The van der Waals surface area contributed by atoms with Crippen LogP contribution in [0.15, 0.2) is 28.7 Å². The summed E-state index contributed by atoms with van der Waals surface area (Å²) in [5.41, 5.74) is 2.14. The van der Waals surface area contributed by atoms with Crippen LogP contribution >= 0.6 is 0 Å². The first-order valence-electron chi connectivity index (χ1n) is 14.6. The number of nitrogens with zero attached hydrogens (tertiary/aromatic N) is 3. The number of anilines is 1. The average molecular weight is 549 g/mol. The van der Waals surface area contributed by atoms with Gasteiger partial charge >= 0.3 is 0 Å². The maximum atomic E-state index is 13.4. The summed E-state index contributed by atoms with van der Waals surface area (Å²) in [5.74, 6) is 3.68. The van der Waals surface area contributed by atoms with Gasteiger partial charge in [-0.25, -0.2) is 13.4 Å². The molecule has 5 fully saturated rings. The molecule has 4 atom stereocenters. The molecule has 39 heavy (non-hydrogen) atoms. The molecule has 1 amide bonds. The van der Waals surface area contributed by atoms with Crippen LogP contribution in [0.2, 0.25) is 0 Å². The Kier molecular flexibility index (Phi) is 6.03. The van der Waals surface area contributed by atoms with E-state index >= 15 is 0 Å². The quantitative estimate of drug-likeness (QED) is 0.563. The van der Waals surface area contributed by atoms with Crippen LogP contribution in [-0.2, 0) is 14.6 Å². The number of carbonyl (C=O) groups excluding carboxylic acids is 1. The van der Waals surface area contributed by atoms with E-state index in [1.54, 1.807) is 0 Å². The minimum absolute atomic E-state index is 0.0276. The van der Waals surface area contributed by atoms with Crippen molar-refractivity contribution in [3.8, 4) is 17.3 Å². The van der Waals surface area contributed by atoms with Gasteiger partial charge in [0, 0.05) is 42.1 Å². The molecule has 2 heterocycles. The summed E-state index contributed by atoms with van der Waals surface area (Å²) < 4.78 is 30.4. The molecule has 0 bridgehead atoms. The van der Waals surface area contributed by atoms with Gasteiger partial charge in [-0.15, -0.1) is 0 Å². The number of aromatic nitrogens is 1. The monoisotopic (exact) mass is 548 g/mol. The number of rotatable bonds is 6. The number of nitriles is 1. The van der Waals surface area contributed by atoms with E-state index in [2.05, 4.69) is 28.4 Å². The molecular formula is C30H36N4O4S. The molecule has 1 aliphatic heterocycles. The second-order valence-electron chi connectivity index (χ2n) is 12.6. The molecule has 4 aliphatic carbocycles. The Morgan fingerprint density at radius 1 is 1.05 bits per heavy atom. The first kappa shape index (κ1) is 25.1. The molecule has 1 saturated heterocycles. The molecule has 9 heteroatoms. The lowest BCUT2D eigenvalue weighted by Crippen LogP contribution is -2.42. The van der Waals surface area contributed by atoms with E-state index in [1.165, 1.54) is 6.42 Å². The number of oxazole rings is 1. The highest BCUT2D eigenvalue weighted by Gasteiger charge is 2.49. The van der Waals surface area contributed by atoms with E-state index in [-0.39, 0.29) is 29.2 Å². The fourth-order valence-corrected chi connectivity index (χ4v) is 8.38. The molecule has 206 valence electrons. The fourth-order valence-electron chi connectivity index (χ4n) is 7.18. The molecule has 8 nitrogen and oxygen atoms in total. The van der Waals surface area contributed by atoms with Crippen molar-refractivity contribution in [3.05, 3.63) is 35.9 Å². The first-order valence-corrected chi connectivity index (χ1v) is 16.4. The molecule has 2 unspecified atom stereocenters. The van der Waals surface area contributed by atoms with Gasteiger partial charge in [-0.2, -0.15) is 5.26 Å². The second kappa shape index (κ2) is 9.36. The van der Waals surface area contributed by atoms with Crippen molar-refractivity contribution < 1.29 is 17.6 Å². The van der Waals surface area contributed by atoms with E-state index < -0.39 is 15.4 Å². The topological polar surface area (TPSA) is 116 Å². The van der Waals surface area contributed by atoms with E-state index in [9.17, 15) is 18.5 Å². The predicted molar refractivity (Wildman–Crippen MR) is 147 cm³/mol. The standard InChI is InChI=1S/C30H36N4O4S/c31-18-30(9-10-30)33-28(35)25-4-2-1-3-24(25)27-26(32-29(38-27)22-16-20-15-21(20)17-22)19-5-7-23(8-6-19)34-11-13-39(36,37)14-12-34/h5-8,20-22,24-25H,1-4,9-17H2,(H,33,35)/t20?,21?,22?,24-,25-/m1/s1. The first-order chi connectivity index (χ1) is 18.8. The number of sulfone groups is 1. The summed E-state index contributed by atoms with van der Waals surface area (Å²) in [4.78, 5) is 20.7. The number of nitrogens with one attached hydrogen (secondary N) is 1. The van der Waals surface area contributed by atoms with Crippen LogP contribution in [0.25, 0.3) is 11.3 Å². The number of fused-ring (bicyclic) bond motifs is 1. The van der Waals surface area contributed by atoms with Crippen LogP contribution in [-0.4, -0.2) is 49.4 Å². The lowest BCUT2D eigenvalue weighted by molar-refractivity contribution is -0.127. The van der Waals surface area contributed by atoms with Crippen molar-refractivity contribution in [1.82, 2.24) is 10.3 Å². The van der Waals surface area contributed by atoms with Crippen LogP contribution in [0.1, 0.15) is 81.3 Å². The third-order valence-corrected chi connectivity index (χ3v) is 11.5. The van der Waals surface area contributed by atoms with Crippen molar-refractivity contribution in [2.24, 2.45) is 17.8 Å². The van der Waals surface area contributed by atoms with Gasteiger partial charge in [0.2, 0.25) is 5.91 Å². The smallest absolute Gasteiger partial charge is 0.225 e. The molecule has 1 N–H and O–H groups in total. The van der Waals surface area contributed by atoms with Crippen LogP contribution in [0.4, 0.5) is 5.69 Å². The fraction of sp³-hybridized carbons (Fsp3) is 0.633. The predicted octanol–water partition coefficient (Wildman–Crippen LogP) is 4.54. The lowest BCUT2D eigenvalue weighted by Gasteiger charge is -2.30. The van der Waals surface area contributed by atoms with E-state index in [0.717, 1.165) is 91.8 Å². The van der Waals surface area contributed by atoms with Crippen LogP contribution < -0.4 is 10.2 Å². The molecule has 5 aliphatic rings. The summed E-state index contributed by atoms with van der Waals surface area (Å²) in [5, 5.41) is 12.6. The second-order valence-corrected chi connectivity index (χ2v) is 14.9. The van der Waals surface area contributed by atoms with Gasteiger partial charge in [-0.1, -0.05) is 25.0 Å². The Balaban J connectivity index is 1.19. The van der Waals surface area contributed by atoms with Crippen molar-refractivity contribution in [1.29, 1.82) is 5.26 Å². The third-order valence-electron chi connectivity index (χ3n) is 9.88. The molecule has 0 radical (unpaired) electrons. The Morgan fingerprint density at radius 2 is 1.74 bits per heavy atom. The summed E-state index contributed by atoms with van der Waals surface area (Å²) in [7, 11) is -2.94. The average Bonchev–Trinajstić information content (AvgIpc) is 3.79. The molecule has 0 spiro atoms. The number of hydrogen-bond acceptors (Lipinski definition) is 7. The van der Waals surface area contributed by atoms with Gasteiger partial charge in [0.25, 0.3) is 0 Å². The Morgan fingerprint density at radius 3 is 2.41 bits per heavy atom. The van der Waals surface area contributed by atoms with E-state index in [1.807, 2.05) is 12.1 Å². The number of amides is 1. The number of hydrogen-bond donors (Lipinski definition) is 1. The number of carbonyl (C=O) groups is 1. The van der Waals surface area contributed by atoms with E-state index in [4.69, 9.17) is 9.40 Å². The normalized spacial score (nSPS) is 32.2. The Hall–Kier alpha value is -2.86. The summed E-state index contributed by atoms with van der Waals surface area (Å²) in [6.07, 6.45) is 8.76. The highest BCUT2D eigenvalue weighted by Crippen LogP contribution is 2.58. The zero-order chi connectivity index (χ0) is 26.8. The largest absolute Gasteiger partial charge is 0.444 e. The van der Waals surface area contributed by atoms with Crippen LogP contribution in [0.5, 0.6) is 0 Å². The van der Waals surface area contributed by atoms with Crippen molar-refractivity contribution in [2.75, 3.05) is 29.5 Å². The SMILES string of the molecule is N#CC1(NC(=O)[C@@H]2CCCC[C@H]2c2oc(C3CC4CC4C3)nc2-c2ccc(N3CCS(=O)(=O)CC3)cc2)CC1. The highest BCUT2D eigenvalue weighted by molar-refractivity contribution is 7.91. The zero-order valence-corrected chi connectivity index (χ0v) is 23.1. The maximum Gasteiger partial charge on any atom is 0.225 e. The third kappa shape index (κ3) is 4.86. The maximum absolute atomic E-state index is 13.4. The molecule has 1 aromatic carbocycles. The summed E-state index contributed by atoms with van der Waals surface area (Å²) in [6, 6.07) is 10.5.